The van der Waals surface area contributed by atoms with Crippen molar-refractivity contribution in [2.24, 2.45) is 5.73 Å². The van der Waals surface area contributed by atoms with Gasteiger partial charge in [0.05, 0.1) is 0 Å². The SMILES string of the molecule is CN.CNc1nccc2cc(N)ccc12.Nc1ccc2c(Cl)nccc2c1. The molecule has 0 aliphatic heterocycles. The van der Waals surface area contributed by atoms with Gasteiger partial charge in [-0.15, -0.1) is 0 Å². The fraction of sp³-hybridized carbons (Fsp3) is 0.100. The smallest absolute Gasteiger partial charge is 0.136 e. The summed E-state index contributed by atoms with van der Waals surface area (Å²) in [5.74, 6) is 0.887. The standard InChI is InChI=1S/C10H11N3.C9H7ClN2.CH5N/c1-12-10-9-3-2-8(11)6-7(9)4-5-13-10;10-9-8-2-1-7(11)5-6(8)3-4-12-9;1-2/h2-6H,11H2,1H3,(H,12,13);1-5H,11H2;2H2,1H3. The van der Waals surface area contributed by atoms with E-state index in [1.165, 1.54) is 7.05 Å². The molecule has 4 aromatic rings. The number of aromatic nitrogens is 2. The van der Waals surface area contributed by atoms with Gasteiger partial charge in [-0.1, -0.05) is 11.6 Å². The molecule has 0 saturated carbocycles. The molecule has 0 aliphatic rings. The summed E-state index contributed by atoms with van der Waals surface area (Å²) >= 11 is 5.86. The molecule has 2 aromatic heterocycles. The Hall–Kier alpha value is -3.09. The number of hydrogen-bond acceptors (Lipinski definition) is 6. The first-order valence-corrected chi connectivity index (χ1v) is 8.66. The Morgan fingerprint density at radius 2 is 1.30 bits per heavy atom. The first-order chi connectivity index (χ1) is 13.1. The number of pyridine rings is 2. The summed E-state index contributed by atoms with van der Waals surface area (Å²) in [6.07, 6.45) is 3.44. The van der Waals surface area contributed by atoms with Crippen molar-refractivity contribution in [1.82, 2.24) is 9.97 Å². The summed E-state index contributed by atoms with van der Waals surface area (Å²) in [6, 6.07) is 15.2. The molecule has 0 saturated heterocycles. The van der Waals surface area contributed by atoms with Gasteiger partial charge in [0.1, 0.15) is 11.0 Å². The summed E-state index contributed by atoms with van der Waals surface area (Å²) in [5, 5.41) is 7.73. The van der Waals surface area contributed by atoms with Crippen molar-refractivity contribution in [2.45, 2.75) is 0 Å². The van der Waals surface area contributed by atoms with Crippen molar-refractivity contribution in [3.63, 3.8) is 0 Å². The predicted octanol–water partition coefficient (Wildman–Crippen LogP) is 3.90. The zero-order valence-electron chi connectivity index (χ0n) is 15.3. The third-order valence-corrected chi connectivity index (χ3v) is 4.07. The van der Waals surface area contributed by atoms with Gasteiger partial charge in [-0.2, -0.15) is 0 Å². The highest BCUT2D eigenvalue weighted by atomic mass is 35.5. The number of nitrogens with one attached hydrogen (secondary N) is 1. The van der Waals surface area contributed by atoms with E-state index in [1.807, 2.05) is 55.6 Å². The monoisotopic (exact) mass is 382 g/mol. The van der Waals surface area contributed by atoms with E-state index in [9.17, 15) is 0 Å². The van der Waals surface area contributed by atoms with Crippen molar-refractivity contribution >= 4 is 50.3 Å². The molecule has 2 heterocycles. The number of halogens is 1. The van der Waals surface area contributed by atoms with E-state index < -0.39 is 0 Å². The maximum absolute atomic E-state index is 5.86. The van der Waals surface area contributed by atoms with Crippen LogP contribution < -0.4 is 22.5 Å². The number of benzene rings is 2. The molecule has 0 radical (unpaired) electrons. The van der Waals surface area contributed by atoms with Crippen LogP contribution >= 0.6 is 11.6 Å². The van der Waals surface area contributed by atoms with Crippen LogP contribution in [-0.2, 0) is 0 Å². The summed E-state index contributed by atoms with van der Waals surface area (Å²) in [6.45, 7) is 0. The summed E-state index contributed by atoms with van der Waals surface area (Å²) in [7, 11) is 3.36. The van der Waals surface area contributed by atoms with Gasteiger partial charge in [0, 0.05) is 41.6 Å². The molecule has 0 amide bonds. The molecule has 0 fully saturated rings. The topological polar surface area (TPSA) is 116 Å². The Morgan fingerprint density at radius 1 is 0.778 bits per heavy atom. The number of nitrogen functional groups attached to an aromatic ring is 2. The molecular formula is C20H23ClN6. The maximum Gasteiger partial charge on any atom is 0.136 e. The molecule has 7 heteroatoms. The van der Waals surface area contributed by atoms with Crippen molar-refractivity contribution in [1.29, 1.82) is 0 Å². The van der Waals surface area contributed by atoms with Crippen LogP contribution in [0.15, 0.2) is 60.9 Å². The second-order valence-corrected chi connectivity index (χ2v) is 5.83. The number of nitrogens with two attached hydrogens (primary N) is 3. The van der Waals surface area contributed by atoms with Crippen molar-refractivity contribution < 1.29 is 0 Å². The number of rotatable bonds is 1. The first-order valence-electron chi connectivity index (χ1n) is 8.28. The third-order valence-electron chi connectivity index (χ3n) is 3.77. The molecule has 0 unspecified atom stereocenters. The highest BCUT2D eigenvalue weighted by Crippen LogP contribution is 2.23. The highest BCUT2D eigenvalue weighted by Gasteiger charge is 1.99. The fourth-order valence-corrected chi connectivity index (χ4v) is 2.78. The maximum atomic E-state index is 5.86. The largest absolute Gasteiger partial charge is 0.399 e. The molecule has 0 spiro atoms. The Bertz CT molecular complexity index is 1040. The number of nitrogens with zero attached hydrogens (tertiary/aromatic N) is 2. The molecule has 6 nitrogen and oxygen atoms in total. The van der Waals surface area contributed by atoms with E-state index in [0.29, 0.717) is 5.15 Å². The van der Waals surface area contributed by atoms with E-state index in [2.05, 4.69) is 21.0 Å². The van der Waals surface area contributed by atoms with Crippen molar-refractivity contribution in [3.8, 4) is 0 Å². The van der Waals surface area contributed by atoms with Crippen LogP contribution in [0.3, 0.4) is 0 Å². The Balaban J connectivity index is 0.000000178. The van der Waals surface area contributed by atoms with Gasteiger partial charge in [-0.05, 0) is 66.4 Å². The van der Waals surface area contributed by atoms with Crippen LogP contribution in [0.25, 0.3) is 21.5 Å². The minimum Gasteiger partial charge on any atom is -0.399 e. The van der Waals surface area contributed by atoms with Crippen LogP contribution in [0, 0.1) is 0 Å². The van der Waals surface area contributed by atoms with E-state index in [4.69, 9.17) is 23.1 Å². The molecule has 140 valence electrons. The lowest BCUT2D eigenvalue weighted by Gasteiger charge is -2.04. The van der Waals surface area contributed by atoms with Crippen LogP contribution in [-0.4, -0.2) is 24.1 Å². The average molecular weight is 383 g/mol. The molecular weight excluding hydrogens is 360 g/mol. The second kappa shape index (κ2) is 9.56. The van der Waals surface area contributed by atoms with Crippen LogP contribution in [0.2, 0.25) is 5.15 Å². The van der Waals surface area contributed by atoms with Gasteiger partial charge in [0.15, 0.2) is 0 Å². The summed E-state index contributed by atoms with van der Waals surface area (Å²) in [4.78, 5) is 8.16. The number of fused-ring (bicyclic) bond motifs is 2. The van der Waals surface area contributed by atoms with Gasteiger partial charge in [0.2, 0.25) is 0 Å². The first kappa shape index (κ1) is 20.2. The van der Waals surface area contributed by atoms with E-state index in [-0.39, 0.29) is 0 Å². The quantitative estimate of drug-likeness (QED) is 0.293. The molecule has 0 bridgehead atoms. The van der Waals surface area contributed by atoms with E-state index in [0.717, 1.165) is 38.7 Å². The molecule has 0 atom stereocenters. The van der Waals surface area contributed by atoms with Crippen molar-refractivity contribution in [2.75, 3.05) is 30.9 Å². The van der Waals surface area contributed by atoms with Gasteiger partial charge in [-0.25, -0.2) is 9.97 Å². The zero-order valence-corrected chi connectivity index (χ0v) is 16.0. The third kappa shape index (κ3) is 4.97. The molecule has 4 rings (SSSR count). The van der Waals surface area contributed by atoms with Crippen LogP contribution in [0.5, 0.6) is 0 Å². The van der Waals surface area contributed by atoms with Crippen LogP contribution in [0.1, 0.15) is 0 Å². The Kier molecular flexibility index (Phi) is 7.16. The van der Waals surface area contributed by atoms with Crippen molar-refractivity contribution in [3.05, 3.63) is 66.1 Å². The Labute approximate surface area is 163 Å². The normalized spacial score (nSPS) is 9.78. The van der Waals surface area contributed by atoms with Gasteiger partial charge in [-0.3, -0.25) is 0 Å². The minimum atomic E-state index is 0.521. The highest BCUT2D eigenvalue weighted by molar-refractivity contribution is 6.34. The molecule has 7 N–H and O–H groups in total. The van der Waals surface area contributed by atoms with Gasteiger partial charge in [0.25, 0.3) is 0 Å². The summed E-state index contributed by atoms with van der Waals surface area (Å²) in [5.41, 5.74) is 17.3. The van der Waals surface area contributed by atoms with E-state index in [1.54, 1.807) is 12.4 Å². The minimum absolute atomic E-state index is 0.521. The fourth-order valence-electron chi connectivity index (χ4n) is 2.56. The zero-order chi connectivity index (χ0) is 19.8. The average Bonchev–Trinajstić information content (AvgIpc) is 2.69. The molecule has 0 aliphatic carbocycles. The van der Waals surface area contributed by atoms with E-state index >= 15 is 0 Å². The summed E-state index contributed by atoms with van der Waals surface area (Å²) < 4.78 is 0. The lowest BCUT2D eigenvalue weighted by molar-refractivity contribution is 1.32. The predicted molar refractivity (Wildman–Crippen MR) is 117 cm³/mol. The second-order valence-electron chi connectivity index (χ2n) is 5.47. The number of anilines is 3. The van der Waals surface area contributed by atoms with Gasteiger partial charge < -0.3 is 22.5 Å². The lowest BCUT2D eigenvalue weighted by Crippen LogP contribution is -1.93. The number of hydrogen-bond donors (Lipinski definition) is 4. The molecule has 2 aromatic carbocycles. The lowest BCUT2D eigenvalue weighted by atomic mass is 10.1. The van der Waals surface area contributed by atoms with Crippen LogP contribution in [0.4, 0.5) is 17.2 Å². The molecule has 27 heavy (non-hydrogen) atoms. The van der Waals surface area contributed by atoms with Gasteiger partial charge >= 0.3 is 0 Å². The Morgan fingerprint density at radius 3 is 1.89 bits per heavy atom.